The van der Waals surface area contributed by atoms with Crippen molar-refractivity contribution in [2.45, 2.75) is 53.0 Å². The summed E-state index contributed by atoms with van der Waals surface area (Å²) in [5.41, 5.74) is 8.83. The molecule has 0 fully saturated rings. The van der Waals surface area contributed by atoms with E-state index >= 15 is 0 Å². The zero-order chi connectivity index (χ0) is 15.4. The summed E-state index contributed by atoms with van der Waals surface area (Å²) >= 11 is 0. The number of nitrogens with zero attached hydrogens (tertiary/aromatic N) is 2. The third-order valence-corrected chi connectivity index (χ3v) is 3.53. The predicted molar refractivity (Wildman–Crippen MR) is 86.9 cm³/mol. The van der Waals surface area contributed by atoms with Crippen molar-refractivity contribution in [2.24, 2.45) is 0 Å². The summed E-state index contributed by atoms with van der Waals surface area (Å²) in [7, 11) is 0. The minimum atomic E-state index is 0.208. The SMILES string of the molecule is CCCCc1ccc(Oc2c(N)c(C)nn2C(C)C)cc1. The van der Waals surface area contributed by atoms with E-state index in [1.165, 1.54) is 18.4 Å². The van der Waals surface area contributed by atoms with Crippen LogP contribution in [-0.4, -0.2) is 9.78 Å². The third-order valence-electron chi connectivity index (χ3n) is 3.53. The van der Waals surface area contributed by atoms with Crippen LogP contribution in [0.4, 0.5) is 5.69 Å². The quantitative estimate of drug-likeness (QED) is 0.851. The largest absolute Gasteiger partial charge is 0.437 e. The van der Waals surface area contributed by atoms with Gasteiger partial charge in [-0.3, -0.25) is 0 Å². The Morgan fingerprint density at radius 1 is 1.24 bits per heavy atom. The Bertz CT molecular complexity index is 585. The van der Waals surface area contributed by atoms with E-state index in [1.54, 1.807) is 0 Å². The molecule has 21 heavy (non-hydrogen) atoms. The van der Waals surface area contributed by atoms with Crippen molar-refractivity contribution in [1.29, 1.82) is 0 Å². The van der Waals surface area contributed by atoms with Gasteiger partial charge in [0.25, 0.3) is 0 Å². The molecule has 2 aromatic rings. The van der Waals surface area contributed by atoms with Gasteiger partial charge in [-0.2, -0.15) is 5.10 Å². The lowest BCUT2D eigenvalue weighted by atomic mass is 10.1. The number of unbranched alkanes of at least 4 members (excludes halogenated alkanes) is 1. The van der Waals surface area contributed by atoms with Crippen molar-refractivity contribution in [3.63, 3.8) is 0 Å². The minimum absolute atomic E-state index is 0.208. The highest BCUT2D eigenvalue weighted by Crippen LogP contribution is 2.32. The van der Waals surface area contributed by atoms with Crippen molar-refractivity contribution in [3.8, 4) is 11.6 Å². The fraction of sp³-hybridized carbons (Fsp3) is 0.471. The number of hydrogen-bond donors (Lipinski definition) is 1. The van der Waals surface area contributed by atoms with E-state index in [0.29, 0.717) is 11.6 Å². The van der Waals surface area contributed by atoms with Gasteiger partial charge in [0.2, 0.25) is 5.88 Å². The molecule has 0 atom stereocenters. The number of nitrogen functional groups attached to an aromatic ring is 1. The molecular weight excluding hydrogens is 262 g/mol. The molecule has 1 aromatic carbocycles. The van der Waals surface area contributed by atoms with Gasteiger partial charge in [0, 0.05) is 0 Å². The lowest BCUT2D eigenvalue weighted by Gasteiger charge is -2.12. The molecule has 4 heteroatoms. The number of benzene rings is 1. The maximum atomic E-state index is 6.08. The van der Waals surface area contributed by atoms with E-state index in [0.717, 1.165) is 17.9 Å². The van der Waals surface area contributed by atoms with Gasteiger partial charge in [0.1, 0.15) is 11.4 Å². The lowest BCUT2D eigenvalue weighted by molar-refractivity contribution is 0.389. The zero-order valence-electron chi connectivity index (χ0n) is 13.4. The van der Waals surface area contributed by atoms with E-state index < -0.39 is 0 Å². The van der Waals surface area contributed by atoms with Gasteiger partial charge < -0.3 is 10.5 Å². The zero-order valence-corrected chi connectivity index (χ0v) is 13.4. The Labute approximate surface area is 126 Å². The van der Waals surface area contributed by atoms with Crippen LogP contribution in [0.15, 0.2) is 24.3 Å². The number of ether oxygens (including phenoxy) is 1. The highest BCUT2D eigenvalue weighted by atomic mass is 16.5. The van der Waals surface area contributed by atoms with E-state index in [9.17, 15) is 0 Å². The predicted octanol–water partition coefficient (Wildman–Crippen LogP) is 4.49. The lowest BCUT2D eigenvalue weighted by Crippen LogP contribution is -2.05. The number of nitrogens with two attached hydrogens (primary N) is 1. The van der Waals surface area contributed by atoms with E-state index in [2.05, 4.69) is 38.0 Å². The second-order valence-electron chi connectivity index (χ2n) is 5.69. The maximum absolute atomic E-state index is 6.08. The van der Waals surface area contributed by atoms with Crippen molar-refractivity contribution >= 4 is 5.69 Å². The van der Waals surface area contributed by atoms with Crippen LogP contribution in [0.25, 0.3) is 0 Å². The van der Waals surface area contributed by atoms with Gasteiger partial charge in [0.05, 0.1) is 11.7 Å². The van der Waals surface area contributed by atoms with Gasteiger partial charge >= 0.3 is 0 Å². The van der Waals surface area contributed by atoms with Crippen LogP contribution >= 0.6 is 0 Å². The van der Waals surface area contributed by atoms with Crippen LogP contribution in [0.5, 0.6) is 11.6 Å². The van der Waals surface area contributed by atoms with E-state index in [4.69, 9.17) is 10.5 Å². The highest BCUT2D eigenvalue weighted by molar-refractivity contribution is 5.54. The molecule has 2 rings (SSSR count). The fourth-order valence-electron chi connectivity index (χ4n) is 2.21. The average Bonchev–Trinajstić information content (AvgIpc) is 2.75. The van der Waals surface area contributed by atoms with Crippen LogP contribution in [-0.2, 0) is 6.42 Å². The van der Waals surface area contributed by atoms with Gasteiger partial charge in [-0.1, -0.05) is 25.5 Å². The van der Waals surface area contributed by atoms with Crippen molar-refractivity contribution in [3.05, 3.63) is 35.5 Å². The summed E-state index contributed by atoms with van der Waals surface area (Å²) in [4.78, 5) is 0. The van der Waals surface area contributed by atoms with Crippen LogP contribution in [0, 0.1) is 6.92 Å². The molecule has 0 amide bonds. The summed E-state index contributed by atoms with van der Waals surface area (Å²) in [6.45, 7) is 8.23. The van der Waals surface area contributed by atoms with Crippen molar-refractivity contribution in [2.75, 3.05) is 5.73 Å². The highest BCUT2D eigenvalue weighted by Gasteiger charge is 2.16. The number of aryl methyl sites for hydroxylation is 2. The van der Waals surface area contributed by atoms with Crippen molar-refractivity contribution < 1.29 is 4.74 Å². The summed E-state index contributed by atoms with van der Waals surface area (Å²) in [5, 5.41) is 4.43. The first kappa shape index (κ1) is 15.4. The van der Waals surface area contributed by atoms with Crippen LogP contribution in [0.2, 0.25) is 0 Å². The second kappa shape index (κ2) is 6.66. The third kappa shape index (κ3) is 3.57. The topological polar surface area (TPSA) is 53.1 Å². The summed E-state index contributed by atoms with van der Waals surface area (Å²) in [6.07, 6.45) is 3.54. The first-order chi connectivity index (χ1) is 10.0. The Kier molecular flexibility index (Phi) is 4.89. The molecule has 0 saturated heterocycles. The van der Waals surface area contributed by atoms with Gasteiger partial charge in [-0.15, -0.1) is 0 Å². The van der Waals surface area contributed by atoms with Crippen LogP contribution < -0.4 is 10.5 Å². The number of rotatable bonds is 6. The monoisotopic (exact) mass is 287 g/mol. The van der Waals surface area contributed by atoms with Gasteiger partial charge in [0.15, 0.2) is 0 Å². The molecule has 0 radical (unpaired) electrons. The van der Waals surface area contributed by atoms with Crippen LogP contribution in [0.1, 0.15) is 50.9 Å². The molecule has 1 aromatic heterocycles. The molecule has 0 unspecified atom stereocenters. The maximum Gasteiger partial charge on any atom is 0.241 e. The summed E-state index contributed by atoms with van der Waals surface area (Å²) in [6, 6.07) is 8.43. The molecule has 0 aliphatic heterocycles. The first-order valence-electron chi connectivity index (χ1n) is 7.64. The van der Waals surface area contributed by atoms with Gasteiger partial charge in [-0.05, 0) is 51.3 Å². The molecule has 2 N–H and O–H groups in total. The molecule has 0 saturated carbocycles. The number of aromatic nitrogens is 2. The molecule has 0 bridgehead atoms. The first-order valence-corrected chi connectivity index (χ1v) is 7.64. The van der Waals surface area contributed by atoms with E-state index in [-0.39, 0.29) is 6.04 Å². The molecule has 0 aliphatic rings. The number of anilines is 1. The minimum Gasteiger partial charge on any atom is -0.437 e. The Morgan fingerprint density at radius 2 is 1.90 bits per heavy atom. The van der Waals surface area contributed by atoms with Crippen molar-refractivity contribution in [1.82, 2.24) is 9.78 Å². The molecule has 114 valence electrons. The summed E-state index contributed by atoms with van der Waals surface area (Å²) < 4.78 is 7.79. The van der Waals surface area contributed by atoms with E-state index in [1.807, 2.05) is 23.7 Å². The molecule has 0 aliphatic carbocycles. The molecule has 4 nitrogen and oxygen atoms in total. The smallest absolute Gasteiger partial charge is 0.241 e. The van der Waals surface area contributed by atoms with Gasteiger partial charge in [-0.25, -0.2) is 4.68 Å². The normalized spacial score (nSPS) is 11.1. The average molecular weight is 287 g/mol. The Hall–Kier alpha value is -1.97. The number of hydrogen-bond acceptors (Lipinski definition) is 3. The second-order valence-corrected chi connectivity index (χ2v) is 5.69. The molecular formula is C17H25N3O. The molecule has 1 heterocycles. The fourth-order valence-corrected chi connectivity index (χ4v) is 2.21. The summed E-state index contributed by atoms with van der Waals surface area (Å²) in [5.74, 6) is 1.42. The standard InChI is InChI=1S/C17H25N3O/c1-5-6-7-14-8-10-15(11-9-14)21-17-16(18)13(4)19-20(17)12(2)3/h8-12H,5-7,18H2,1-4H3. The Balaban J connectivity index is 2.18. The van der Waals surface area contributed by atoms with Crippen LogP contribution in [0.3, 0.4) is 0 Å². The Morgan fingerprint density at radius 3 is 2.48 bits per heavy atom. The molecule has 0 spiro atoms.